The molecule has 76 valence electrons. The van der Waals surface area contributed by atoms with Gasteiger partial charge in [-0.15, -0.1) is 0 Å². The first-order valence-electron chi connectivity index (χ1n) is 4.82. The van der Waals surface area contributed by atoms with Gasteiger partial charge in [-0.2, -0.15) is 0 Å². The van der Waals surface area contributed by atoms with Gasteiger partial charge in [-0.05, 0) is 5.19 Å². The number of carbonyl (C=O) groups is 1. The van der Waals surface area contributed by atoms with Crippen molar-refractivity contribution >= 4 is 20.8 Å². The molecule has 0 radical (unpaired) electrons. The Morgan fingerprint density at radius 2 is 1.79 bits per heavy atom. The lowest BCUT2D eigenvalue weighted by Crippen LogP contribution is -2.41. The predicted molar refractivity (Wildman–Crippen MR) is 62.2 cm³/mol. The smallest absolute Gasteiger partial charge is 0.217 e. The van der Waals surface area contributed by atoms with Crippen LogP contribution >= 0.6 is 0 Å². The maximum Gasteiger partial charge on any atom is 0.217 e. The molecule has 0 unspecified atom stereocenters. The van der Waals surface area contributed by atoms with E-state index in [1.807, 2.05) is 39.0 Å². The molecule has 14 heavy (non-hydrogen) atoms. The highest BCUT2D eigenvalue weighted by molar-refractivity contribution is 6.53. The summed E-state index contributed by atoms with van der Waals surface area (Å²) >= 11 is 0. The largest absolute Gasteiger partial charge is 0.383 e. The van der Waals surface area contributed by atoms with Gasteiger partial charge in [0.15, 0.2) is 9.68 Å². The molecule has 0 spiro atoms. The van der Waals surface area contributed by atoms with Gasteiger partial charge >= 0.3 is 0 Å². The summed E-state index contributed by atoms with van der Waals surface area (Å²) < 4.78 is 0. The summed E-state index contributed by atoms with van der Waals surface area (Å²) in [5.74, 6) is 0.146. The number of hydrogen-bond acceptors (Lipinski definition) is 1. The highest BCUT2D eigenvalue weighted by Gasteiger charge is 2.20. The summed E-state index contributed by atoms with van der Waals surface area (Å²) in [6.45, 7) is 5.80. The molecule has 3 heteroatoms. The molecule has 1 aromatic rings. The summed E-state index contributed by atoms with van der Waals surface area (Å²) in [5.41, 5.74) is -0.276. The van der Waals surface area contributed by atoms with Crippen molar-refractivity contribution in [2.24, 2.45) is 5.41 Å². The molecule has 0 heterocycles. The normalized spacial score (nSPS) is 11.9. The van der Waals surface area contributed by atoms with Crippen LogP contribution < -0.4 is 10.2 Å². The average Bonchev–Trinajstić information content (AvgIpc) is 2.14. The number of benzene rings is 1. The Morgan fingerprint density at radius 1 is 1.21 bits per heavy atom. The number of hydrogen-bond donors (Lipinski definition) is 1. The van der Waals surface area contributed by atoms with Crippen molar-refractivity contribution in [1.82, 2.24) is 4.98 Å². The molecule has 0 bridgehead atoms. The zero-order valence-corrected chi connectivity index (χ0v) is 10.4. The van der Waals surface area contributed by atoms with Gasteiger partial charge in [0.2, 0.25) is 5.91 Å². The number of rotatable bonds is 2. The van der Waals surface area contributed by atoms with E-state index in [1.54, 1.807) is 0 Å². The van der Waals surface area contributed by atoms with Crippen molar-refractivity contribution in [3.05, 3.63) is 30.3 Å². The van der Waals surface area contributed by atoms with Crippen LogP contribution in [0.1, 0.15) is 20.8 Å². The Hall–Kier alpha value is -1.09. The molecule has 0 aliphatic carbocycles. The van der Waals surface area contributed by atoms with E-state index in [-0.39, 0.29) is 11.3 Å². The molecule has 1 N–H and O–H groups in total. The SMILES string of the molecule is CC(C)(C)C(=O)N[SiH2]c1ccccc1. The van der Waals surface area contributed by atoms with Crippen molar-refractivity contribution < 1.29 is 4.79 Å². The van der Waals surface area contributed by atoms with Gasteiger partial charge in [0.1, 0.15) is 0 Å². The summed E-state index contributed by atoms with van der Waals surface area (Å²) in [5, 5.41) is 1.27. The van der Waals surface area contributed by atoms with Crippen molar-refractivity contribution in [1.29, 1.82) is 0 Å². The molecule has 0 atom stereocenters. The van der Waals surface area contributed by atoms with Gasteiger partial charge in [-0.1, -0.05) is 51.1 Å². The number of nitrogens with one attached hydrogen (secondary N) is 1. The predicted octanol–water partition coefficient (Wildman–Crippen LogP) is 0.558. The molecule has 1 amide bonds. The third-order valence-electron chi connectivity index (χ3n) is 1.98. The maximum atomic E-state index is 11.6. The Labute approximate surface area is 87.6 Å². The van der Waals surface area contributed by atoms with Crippen LogP contribution in [0, 0.1) is 5.41 Å². The summed E-state index contributed by atoms with van der Waals surface area (Å²) in [6.07, 6.45) is 0. The van der Waals surface area contributed by atoms with Crippen LogP contribution in [0.3, 0.4) is 0 Å². The van der Waals surface area contributed by atoms with Crippen LogP contribution in [-0.2, 0) is 4.79 Å². The van der Waals surface area contributed by atoms with Gasteiger partial charge in [-0.3, -0.25) is 4.79 Å². The zero-order chi connectivity index (χ0) is 10.6. The van der Waals surface area contributed by atoms with Crippen molar-refractivity contribution in [2.75, 3.05) is 0 Å². The van der Waals surface area contributed by atoms with Gasteiger partial charge in [0.05, 0.1) is 0 Å². The Kier molecular flexibility index (Phi) is 3.47. The van der Waals surface area contributed by atoms with Gasteiger partial charge in [0.25, 0.3) is 0 Å². The molecule has 0 saturated heterocycles. The lowest BCUT2D eigenvalue weighted by molar-refractivity contribution is -0.126. The quantitative estimate of drug-likeness (QED) is 0.705. The summed E-state index contributed by atoms with van der Waals surface area (Å²) in [6, 6.07) is 10.1. The van der Waals surface area contributed by atoms with E-state index in [0.717, 1.165) is 0 Å². The van der Waals surface area contributed by atoms with Crippen LogP contribution in [0.5, 0.6) is 0 Å². The molecule has 0 saturated carbocycles. The van der Waals surface area contributed by atoms with Crippen LogP contribution in [0.25, 0.3) is 0 Å². The van der Waals surface area contributed by atoms with Gasteiger partial charge in [0, 0.05) is 5.41 Å². The van der Waals surface area contributed by atoms with E-state index in [2.05, 4.69) is 17.1 Å². The first-order valence-corrected chi connectivity index (χ1v) is 6.24. The van der Waals surface area contributed by atoms with Crippen LogP contribution in [0.2, 0.25) is 0 Å². The van der Waals surface area contributed by atoms with E-state index >= 15 is 0 Å². The van der Waals surface area contributed by atoms with E-state index in [0.29, 0.717) is 0 Å². The molecular weight excluding hydrogens is 190 g/mol. The number of amides is 1. The minimum Gasteiger partial charge on any atom is -0.383 e. The topological polar surface area (TPSA) is 29.1 Å². The standard InChI is InChI=1S/C11H17NOSi/c1-11(2,3)10(13)12-14-9-7-5-4-6-8-9/h4-8H,14H2,1-3H3,(H,12,13). The van der Waals surface area contributed by atoms with Crippen LogP contribution in [0.15, 0.2) is 30.3 Å². The fourth-order valence-electron chi connectivity index (χ4n) is 1.04. The molecule has 0 aromatic heterocycles. The second-order valence-corrected chi connectivity index (χ2v) is 5.94. The minimum atomic E-state index is -0.638. The highest BCUT2D eigenvalue weighted by Crippen LogP contribution is 2.11. The summed E-state index contributed by atoms with van der Waals surface area (Å²) in [7, 11) is -0.638. The average molecular weight is 207 g/mol. The first kappa shape index (κ1) is 11.0. The third kappa shape index (κ3) is 3.34. The Bertz CT molecular complexity index is 303. The van der Waals surface area contributed by atoms with E-state index in [1.165, 1.54) is 5.19 Å². The summed E-state index contributed by atoms with van der Waals surface area (Å²) in [4.78, 5) is 14.6. The molecule has 0 aliphatic rings. The Balaban J connectivity index is 2.46. The zero-order valence-electron chi connectivity index (χ0n) is 9.00. The molecule has 0 fully saturated rings. The second-order valence-electron chi connectivity index (χ2n) is 4.42. The monoisotopic (exact) mass is 207 g/mol. The van der Waals surface area contributed by atoms with Crippen LogP contribution in [0.4, 0.5) is 0 Å². The van der Waals surface area contributed by atoms with Gasteiger partial charge < -0.3 is 4.98 Å². The van der Waals surface area contributed by atoms with Crippen molar-refractivity contribution in [2.45, 2.75) is 20.8 Å². The molecule has 2 nitrogen and oxygen atoms in total. The molecule has 1 aromatic carbocycles. The second kappa shape index (κ2) is 4.42. The van der Waals surface area contributed by atoms with Crippen molar-refractivity contribution in [3.63, 3.8) is 0 Å². The molecular formula is C11H17NOSi. The molecule has 1 rings (SSSR count). The first-order chi connectivity index (χ1) is 6.50. The highest BCUT2D eigenvalue weighted by atomic mass is 28.2. The van der Waals surface area contributed by atoms with E-state index in [4.69, 9.17) is 0 Å². The third-order valence-corrected chi connectivity index (χ3v) is 3.35. The number of carbonyl (C=O) groups excluding carboxylic acids is 1. The minimum absolute atomic E-state index is 0.146. The fraction of sp³-hybridized carbons (Fsp3) is 0.364. The molecule has 0 aliphatic heterocycles. The van der Waals surface area contributed by atoms with E-state index < -0.39 is 9.68 Å². The van der Waals surface area contributed by atoms with E-state index in [9.17, 15) is 4.79 Å². The lowest BCUT2D eigenvalue weighted by atomic mass is 9.96. The van der Waals surface area contributed by atoms with Crippen molar-refractivity contribution in [3.8, 4) is 0 Å². The fourth-order valence-corrected chi connectivity index (χ4v) is 2.45. The van der Waals surface area contributed by atoms with Crippen LogP contribution in [-0.4, -0.2) is 15.6 Å². The Morgan fingerprint density at radius 3 is 2.29 bits per heavy atom. The van der Waals surface area contributed by atoms with Gasteiger partial charge in [-0.25, -0.2) is 0 Å². The maximum absolute atomic E-state index is 11.6. The lowest BCUT2D eigenvalue weighted by Gasteiger charge is -2.17.